The van der Waals surface area contributed by atoms with Gasteiger partial charge in [-0.15, -0.1) is 0 Å². The van der Waals surface area contributed by atoms with Gasteiger partial charge in [-0.3, -0.25) is 9.88 Å². The fourth-order valence-electron chi connectivity index (χ4n) is 4.39. The summed E-state index contributed by atoms with van der Waals surface area (Å²) < 4.78 is 28.7. The number of piperidine rings is 1. The first-order valence-electron chi connectivity index (χ1n) is 11.7. The average molecular weight is 472 g/mol. The number of likely N-dealkylation sites (tertiary alicyclic amines) is 1. The number of ether oxygens (including phenoxy) is 1. The van der Waals surface area contributed by atoms with Crippen LogP contribution in [0.3, 0.4) is 0 Å². The lowest BCUT2D eigenvalue weighted by Gasteiger charge is -2.38. The van der Waals surface area contributed by atoms with Gasteiger partial charge in [0.15, 0.2) is 9.84 Å². The SMILES string of the molecule is CC(C)OC(=O)N1CCC(N(Cc2ccc(-c3ccc(S(C)(=O)=O)cc3)nc2)C2CC2)CC1. The third-order valence-electron chi connectivity index (χ3n) is 6.31. The van der Waals surface area contributed by atoms with Crippen molar-refractivity contribution in [2.75, 3.05) is 19.3 Å². The Labute approximate surface area is 196 Å². The molecular weight excluding hydrogens is 438 g/mol. The Morgan fingerprint density at radius 2 is 1.70 bits per heavy atom. The fraction of sp³-hybridized carbons (Fsp3) is 0.520. The van der Waals surface area contributed by atoms with E-state index in [4.69, 9.17) is 4.74 Å². The molecule has 1 saturated heterocycles. The molecule has 1 aromatic carbocycles. The van der Waals surface area contributed by atoms with Gasteiger partial charge < -0.3 is 9.64 Å². The van der Waals surface area contributed by atoms with Gasteiger partial charge in [-0.1, -0.05) is 18.2 Å². The second-order valence-electron chi connectivity index (χ2n) is 9.40. The van der Waals surface area contributed by atoms with Crippen molar-refractivity contribution in [1.82, 2.24) is 14.8 Å². The summed E-state index contributed by atoms with van der Waals surface area (Å²) in [5.41, 5.74) is 2.89. The number of pyridine rings is 1. The number of carbonyl (C=O) groups excluding carboxylic acids is 1. The van der Waals surface area contributed by atoms with E-state index in [2.05, 4.69) is 16.0 Å². The lowest BCUT2D eigenvalue weighted by atomic mass is 10.0. The summed E-state index contributed by atoms with van der Waals surface area (Å²) >= 11 is 0. The van der Waals surface area contributed by atoms with Gasteiger partial charge in [0.2, 0.25) is 0 Å². The third kappa shape index (κ3) is 6.12. The maximum absolute atomic E-state index is 12.2. The highest BCUT2D eigenvalue weighted by Gasteiger charge is 2.36. The van der Waals surface area contributed by atoms with E-state index in [-0.39, 0.29) is 12.2 Å². The molecule has 0 bridgehead atoms. The topological polar surface area (TPSA) is 79.8 Å². The first kappa shape index (κ1) is 23.7. The quantitative estimate of drug-likeness (QED) is 0.604. The standard InChI is InChI=1S/C25H33N3O4S/c1-18(2)32-25(29)27-14-12-22(13-15-27)28(21-7-8-21)17-19-4-11-24(26-16-19)20-5-9-23(10-6-20)33(3,30)31/h4-6,9-11,16,18,21-22H,7-8,12-15,17H2,1-3H3. The number of hydrogen-bond acceptors (Lipinski definition) is 6. The van der Waals surface area contributed by atoms with E-state index in [0.717, 1.165) is 43.7 Å². The van der Waals surface area contributed by atoms with E-state index in [0.29, 0.717) is 17.0 Å². The van der Waals surface area contributed by atoms with Gasteiger partial charge in [-0.2, -0.15) is 0 Å². The maximum atomic E-state index is 12.2. The van der Waals surface area contributed by atoms with Crippen molar-refractivity contribution < 1.29 is 17.9 Å². The lowest BCUT2D eigenvalue weighted by molar-refractivity contribution is 0.0518. The molecule has 4 rings (SSSR count). The Kier molecular flexibility index (Phi) is 7.05. The molecule has 0 radical (unpaired) electrons. The molecular formula is C25H33N3O4S. The molecule has 2 heterocycles. The van der Waals surface area contributed by atoms with Crippen LogP contribution in [0.4, 0.5) is 4.79 Å². The highest BCUT2D eigenvalue weighted by atomic mass is 32.2. The molecule has 0 atom stereocenters. The van der Waals surface area contributed by atoms with Crippen LogP contribution in [0.25, 0.3) is 11.3 Å². The highest BCUT2D eigenvalue weighted by Crippen LogP contribution is 2.33. The molecule has 0 N–H and O–H groups in total. The number of amides is 1. The number of rotatable bonds is 7. The second kappa shape index (κ2) is 9.81. The van der Waals surface area contributed by atoms with Crippen LogP contribution in [-0.4, -0.2) is 66.8 Å². The summed E-state index contributed by atoms with van der Waals surface area (Å²) in [4.78, 5) is 21.6. The minimum Gasteiger partial charge on any atom is -0.447 e. The zero-order valence-corrected chi connectivity index (χ0v) is 20.4. The van der Waals surface area contributed by atoms with Gasteiger partial charge >= 0.3 is 6.09 Å². The zero-order valence-electron chi connectivity index (χ0n) is 19.6. The third-order valence-corrected chi connectivity index (χ3v) is 7.44. The van der Waals surface area contributed by atoms with E-state index in [1.807, 2.05) is 31.0 Å². The normalized spacial score (nSPS) is 17.5. The Hall–Kier alpha value is -2.45. The fourth-order valence-corrected chi connectivity index (χ4v) is 5.02. The minimum absolute atomic E-state index is 0.0914. The van der Waals surface area contributed by atoms with Crippen LogP contribution in [-0.2, 0) is 21.1 Å². The van der Waals surface area contributed by atoms with Crippen LogP contribution >= 0.6 is 0 Å². The van der Waals surface area contributed by atoms with Crippen LogP contribution in [0, 0.1) is 0 Å². The Balaban J connectivity index is 1.38. The number of benzene rings is 1. The van der Waals surface area contributed by atoms with Crippen LogP contribution in [0.15, 0.2) is 47.5 Å². The van der Waals surface area contributed by atoms with Gasteiger partial charge in [-0.25, -0.2) is 13.2 Å². The molecule has 1 saturated carbocycles. The van der Waals surface area contributed by atoms with E-state index < -0.39 is 9.84 Å². The summed E-state index contributed by atoms with van der Waals surface area (Å²) in [6.07, 6.45) is 7.22. The van der Waals surface area contributed by atoms with Gasteiger partial charge in [-0.05, 0) is 63.3 Å². The van der Waals surface area contributed by atoms with E-state index >= 15 is 0 Å². The van der Waals surface area contributed by atoms with Crippen molar-refractivity contribution >= 4 is 15.9 Å². The first-order valence-corrected chi connectivity index (χ1v) is 13.6. The number of sulfone groups is 1. The Bertz CT molecular complexity index is 1060. The molecule has 1 amide bonds. The summed E-state index contributed by atoms with van der Waals surface area (Å²) in [6, 6.07) is 12.0. The largest absolute Gasteiger partial charge is 0.447 e. The molecule has 0 spiro atoms. The molecule has 8 heteroatoms. The average Bonchev–Trinajstić information content (AvgIpc) is 3.62. The number of aromatic nitrogens is 1. The van der Waals surface area contributed by atoms with E-state index in [9.17, 15) is 13.2 Å². The summed E-state index contributed by atoms with van der Waals surface area (Å²) in [5.74, 6) is 0. The van der Waals surface area contributed by atoms with Crippen molar-refractivity contribution in [3.05, 3.63) is 48.2 Å². The molecule has 1 aliphatic carbocycles. The molecule has 2 fully saturated rings. The minimum atomic E-state index is -3.20. The van der Waals surface area contributed by atoms with Crippen molar-refractivity contribution in [1.29, 1.82) is 0 Å². The molecule has 1 aromatic heterocycles. The molecule has 2 aliphatic rings. The maximum Gasteiger partial charge on any atom is 0.410 e. The second-order valence-corrected chi connectivity index (χ2v) is 11.4. The van der Waals surface area contributed by atoms with Crippen molar-refractivity contribution in [2.24, 2.45) is 0 Å². The van der Waals surface area contributed by atoms with Crippen LogP contribution in [0.2, 0.25) is 0 Å². The lowest BCUT2D eigenvalue weighted by Crippen LogP contribution is -2.47. The van der Waals surface area contributed by atoms with E-state index in [1.165, 1.54) is 24.7 Å². The molecule has 178 valence electrons. The van der Waals surface area contributed by atoms with Crippen molar-refractivity contribution in [3.63, 3.8) is 0 Å². The van der Waals surface area contributed by atoms with Gasteiger partial charge in [0.25, 0.3) is 0 Å². The van der Waals surface area contributed by atoms with Crippen LogP contribution in [0.1, 0.15) is 45.1 Å². The summed E-state index contributed by atoms with van der Waals surface area (Å²) in [6.45, 7) is 6.08. The Morgan fingerprint density at radius 3 is 2.21 bits per heavy atom. The van der Waals surface area contributed by atoms with Crippen molar-refractivity contribution in [3.8, 4) is 11.3 Å². The van der Waals surface area contributed by atoms with E-state index in [1.54, 1.807) is 24.3 Å². The first-order chi connectivity index (χ1) is 15.7. The van der Waals surface area contributed by atoms with Gasteiger partial charge in [0.1, 0.15) is 0 Å². The predicted octanol–water partition coefficient (Wildman–Crippen LogP) is 4.13. The monoisotopic (exact) mass is 471 g/mol. The smallest absolute Gasteiger partial charge is 0.410 e. The van der Waals surface area contributed by atoms with Crippen LogP contribution in [0.5, 0.6) is 0 Å². The number of hydrogen-bond donors (Lipinski definition) is 0. The van der Waals surface area contributed by atoms with Crippen molar-refractivity contribution in [2.45, 2.75) is 69.2 Å². The predicted molar refractivity (Wildman–Crippen MR) is 128 cm³/mol. The molecule has 2 aromatic rings. The zero-order chi connectivity index (χ0) is 23.6. The Morgan fingerprint density at radius 1 is 1.06 bits per heavy atom. The molecule has 1 aliphatic heterocycles. The summed E-state index contributed by atoms with van der Waals surface area (Å²) in [7, 11) is -3.20. The molecule has 0 unspecified atom stereocenters. The summed E-state index contributed by atoms with van der Waals surface area (Å²) in [5, 5.41) is 0. The molecule has 7 nitrogen and oxygen atoms in total. The van der Waals surface area contributed by atoms with Crippen LogP contribution < -0.4 is 0 Å². The number of nitrogens with zero attached hydrogens (tertiary/aromatic N) is 3. The number of carbonyl (C=O) groups is 1. The molecule has 33 heavy (non-hydrogen) atoms. The van der Waals surface area contributed by atoms with Gasteiger partial charge in [0.05, 0.1) is 16.7 Å². The highest BCUT2D eigenvalue weighted by molar-refractivity contribution is 7.90. The van der Waals surface area contributed by atoms with Gasteiger partial charge in [0, 0.05) is 49.7 Å².